The molecule has 2 aromatic rings. The van der Waals surface area contributed by atoms with E-state index in [1.807, 2.05) is 0 Å². The first-order valence-electron chi connectivity index (χ1n) is 6.46. The number of benzene rings is 1. The zero-order valence-electron chi connectivity index (χ0n) is 11.9. The molecule has 1 aromatic heterocycles. The molecule has 126 valence electrons. The number of nitrogens with one attached hydrogen (secondary N) is 2. The minimum absolute atomic E-state index is 0.106. The number of alkyl halides is 3. The molecule has 4 nitrogen and oxygen atoms in total. The van der Waals surface area contributed by atoms with Gasteiger partial charge in [-0.3, -0.25) is 10.1 Å². The lowest BCUT2D eigenvalue weighted by atomic mass is 10.2. The number of carbonyl (C=O) groups excluding carboxylic acids is 1. The van der Waals surface area contributed by atoms with Gasteiger partial charge in [0.05, 0.1) is 22.5 Å². The molecule has 0 aliphatic heterocycles. The molecule has 0 aliphatic rings. The Labute approximate surface area is 145 Å². The van der Waals surface area contributed by atoms with Crippen molar-refractivity contribution in [2.24, 2.45) is 0 Å². The maximum absolute atomic E-state index is 12.6. The molecule has 1 aromatic carbocycles. The zero-order chi connectivity index (χ0) is 17.7. The van der Waals surface area contributed by atoms with Crippen molar-refractivity contribution in [3.8, 4) is 0 Å². The molecule has 1 heterocycles. The lowest BCUT2D eigenvalue weighted by Crippen LogP contribution is -2.32. The number of halogens is 4. The van der Waals surface area contributed by atoms with E-state index in [2.05, 4.69) is 10.6 Å². The monoisotopic (exact) mass is 374 g/mol. The molecule has 2 rings (SSSR count). The Morgan fingerprint density at radius 2 is 2.04 bits per heavy atom. The lowest BCUT2D eigenvalue weighted by molar-refractivity contribution is -0.137. The molecule has 24 heavy (non-hydrogen) atoms. The average Bonchev–Trinajstić information content (AvgIpc) is 2.99. The Morgan fingerprint density at radius 3 is 2.62 bits per heavy atom. The Balaban J connectivity index is 1.96. The van der Waals surface area contributed by atoms with Crippen LogP contribution in [0.2, 0.25) is 5.02 Å². The number of hydrogen-bond donors (Lipinski definition) is 2. The molecule has 0 bridgehead atoms. The molecule has 0 aliphatic carbocycles. The van der Waals surface area contributed by atoms with E-state index < -0.39 is 17.6 Å². The Hall–Kier alpha value is -2.32. The molecule has 1 amide bonds. The molecule has 0 fully saturated rings. The van der Waals surface area contributed by atoms with Crippen LogP contribution >= 0.6 is 23.8 Å². The minimum atomic E-state index is -4.49. The molecule has 0 saturated carbocycles. The minimum Gasteiger partial charge on any atom is -0.465 e. The second-order valence-electron chi connectivity index (χ2n) is 4.48. The second kappa shape index (κ2) is 7.50. The fraction of sp³-hybridized carbons (Fsp3) is 0.0667. The van der Waals surface area contributed by atoms with Gasteiger partial charge in [0.1, 0.15) is 5.76 Å². The maximum Gasteiger partial charge on any atom is 0.416 e. The number of anilines is 1. The number of rotatable bonds is 3. The van der Waals surface area contributed by atoms with Crippen LogP contribution < -0.4 is 10.6 Å². The largest absolute Gasteiger partial charge is 0.465 e. The molecular weight excluding hydrogens is 365 g/mol. The summed E-state index contributed by atoms with van der Waals surface area (Å²) in [6.07, 6.45) is -0.409. The van der Waals surface area contributed by atoms with Gasteiger partial charge in [-0.1, -0.05) is 11.6 Å². The summed E-state index contributed by atoms with van der Waals surface area (Å²) in [5.74, 6) is -0.0539. The highest BCUT2D eigenvalue weighted by molar-refractivity contribution is 7.80. The summed E-state index contributed by atoms with van der Waals surface area (Å²) in [5, 5.41) is 4.61. The summed E-state index contributed by atoms with van der Waals surface area (Å²) in [6.45, 7) is 0. The molecule has 0 unspecified atom stereocenters. The number of thiocarbonyl (C=S) groups is 1. The average molecular weight is 375 g/mol. The number of carbonyl (C=O) groups is 1. The quantitative estimate of drug-likeness (QED) is 0.614. The summed E-state index contributed by atoms with van der Waals surface area (Å²) in [5.41, 5.74) is -0.737. The summed E-state index contributed by atoms with van der Waals surface area (Å²) in [4.78, 5) is 11.7. The van der Waals surface area contributed by atoms with E-state index in [4.69, 9.17) is 28.2 Å². The predicted octanol–water partition coefficient (Wildman–Crippen LogP) is 4.48. The zero-order valence-corrected chi connectivity index (χ0v) is 13.4. The summed E-state index contributed by atoms with van der Waals surface area (Å²) >= 11 is 10.7. The molecule has 0 spiro atoms. The SMILES string of the molecule is O=C(/C=C/c1ccco1)NC(=S)Nc1ccc(C(F)(F)F)cc1Cl. The number of amides is 1. The Bertz CT molecular complexity index is 774. The maximum atomic E-state index is 12.6. The summed E-state index contributed by atoms with van der Waals surface area (Å²) in [6, 6.07) is 6.07. The van der Waals surface area contributed by atoms with Crippen LogP contribution in [0.25, 0.3) is 6.08 Å². The molecule has 9 heteroatoms. The molecule has 0 saturated heterocycles. The van der Waals surface area contributed by atoms with Crippen molar-refractivity contribution >= 4 is 46.6 Å². The highest BCUT2D eigenvalue weighted by Gasteiger charge is 2.30. The van der Waals surface area contributed by atoms with Crippen LogP contribution in [0.1, 0.15) is 11.3 Å². The Kier molecular flexibility index (Phi) is 5.63. The smallest absolute Gasteiger partial charge is 0.416 e. The van der Waals surface area contributed by atoms with Crippen LogP contribution in [0.3, 0.4) is 0 Å². The normalized spacial score (nSPS) is 11.5. The predicted molar refractivity (Wildman–Crippen MR) is 88.6 cm³/mol. The van der Waals surface area contributed by atoms with E-state index in [0.29, 0.717) is 5.76 Å². The van der Waals surface area contributed by atoms with Crippen LogP contribution in [-0.2, 0) is 11.0 Å². The van der Waals surface area contributed by atoms with Crippen LogP contribution in [-0.4, -0.2) is 11.0 Å². The molecule has 0 atom stereocenters. The first kappa shape index (κ1) is 18.0. The van der Waals surface area contributed by atoms with Gasteiger partial charge >= 0.3 is 6.18 Å². The fourth-order valence-electron chi connectivity index (χ4n) is 1.64. The highest BCUT2D eigenvalue weighted by atomic mass is 35.5. The number of hydrogen-bond acceptors (Lipinski definition) is 3. The van der Waals surface area contributed by atoms with Gasteiger partial charge in [-0.25, -0.2) is 0 Å². The van der Waals surface area contributed by atoms with E-state index >= 15 is 0 Å². The van der Waals surface area contributed by atoms with Crippen molar-refractivity contribution < 1.29 is 22.4 Å². The van der Waals surface area contributed by atoms with Gasteiger partial charge in [0.25, 0.3) is 0 Å². The standard InChI is InChI=1S/C15H10ClF3N2O2S/c16-11-8-9(15(17,18)19)3-5-12(11)20-14(24)21-13(22)6-4-10-2-1-7-23-10/h1-8H,(H2,20,21,22,24)/b6-4+. The van der Waals surface area contributed by atoms with Crippen molar-refractivity contribution in [3.63, 3.8) is 0 Å². The second-order valence-corrected chi connectivity index (χ2v) is 5.30. The topological polar surface area (TPSA) is 54.3 Å². The summed E-state index contributed by atoms with van der Waals surface area (Å²) < 4.78 is 42.7. The van der Waals surface area contributed by atoms with Crippen LogP contribution in [0, 0.1) is 0 Å². The van der Waals surface area contributed by atoms with E-state index in [1.54, 1.807) is 12.1 Å². The van der Waals surface area contributed by atoms with Crippen molar-refractivity contribution in [2.45, 2.75) is 6.18 Å². The van der Waals surface area contributed by atoms with Crippen molar-refractivity contribution in [1.29, 1.82) is 0 Å². The highest BCUT2D eigenvalue weighted by Crippen LogP contribution is 2.33. The van der Waals surface area contributed by atoms with Gasteiger partial charge in [0.2, 0.25) is 5.91 Å². The van der Waals surface area contributed by atoms with Gasteiger partial charge in [-0.15, -0.1) is 0 Å². The van der Waals surface area contributed by atoms with Crippen LogP contribution in [0.5, 0.6) is 0 Å². The lowest BCUT2D eigenvalue weighted by Gasteiger charge is -2.12. The van der Waals surface area contributed by atoms with Gasteiger partial charge in [0.15, 0.2) is 5.11 Å². The third-order valence-electron chi connectivity index (χ3n) is 2.72. The molecular formula is C15H10ClF3N2O2S. The van der Waals surface area contributed by atoms with Crippen molar-refractivity contribution in [3.05, 3.63) is 59.0 Å². The first-order chi connectivity index (χ1) is 11.3. The van der Waals surface area contributed by atoms with E-state index in [9.17, 15) is 18.0 Å². The van der Waals surface area contributed by atoms with Crippen molar-refractivity contribution in [1.82, 2.24) is 5.32 Å². The molecule has 2 N–H and O–H groups in total. The van der Waals surface area contributed by atoms with Crippen LogP contribution in [0.15, 0.2) is 47.1 Å². The third-order valence-corrected chi connectivity index (χ3v) is 3.24. The van der Waals surface area contributed by atoms with Gasteiger partial charge in [-0.05, 0) is 48.6 Å². The third kappa shape index (κ3) is 5.10. The van der Waals surface area contributed by atoms with E-state index in [1.165, 1.54) is 18.4 Å². The van der Waals surface area contributed by atoms with Gasteiger partial charge < -0.3 is 9.73 Å². The van der Waals surface area contributed by atoms with Gasteiger partial charge in [-0.2, -0.15) is 13.2 Å². The molecule has 0 radical (unpaired) electrons. The summed E-state index contributed by atoms with van der Waals surface area (Å²) in [7, 11) is 0. The van der Waals surface area contributed by atoms with Crippen molar-refractivity contribution in [2.75, 3.05) is 5.32 Å². The fourth-order valence-corrected chi connectivity index (χ4v) is 2.08. The number of furan rings is 1. The first-order valence-corrected chi connectivity index (χ1v) is 7.24. The Morgan fingerprint density at radius 1 is 1.29 bits per heavy atom. The van der Waals surface area contributed by atoms with Crippen LogP contribution in [0.4, 0.5) is 18.9 Å². The van der Waals surface area contributed by atoms with Gasteiger partial charge in [0, 0.05) is 6.08 Å². The van der Waals surface area contributed by atoms with E-state index in [-0.39, 0.29) is 15.8 Å². The van der Waals surface area contributed by atoms with E-state index in [0.717, 1.165) is 18.2 Å².